The van der Waals surface area contributed by atoms with Gasteiger partial charge in [0.1, 0.15) is 6.04 Å². The Kier molecular flexibility index (Phi) is 10.6. The molecule has 1 saturated heterocycles. The Morgan fingerprint density at radius 1 is 1.13 bits per heavy atom. The lowest BCUT2D eigenvalue weighted by Gasteiger charge is -2.31. The van der Waals surface area contributed by atoms with Crippen LogP contribution in [0.3, 0.4) is 0 Å². The van der Waals surface area contributed by atoms with Crippen LogP contribution in [0.25, 0.3) is 0 Å². The molecule has 0 aromatic rings. The van der Waals surface area contributed by atoms with Gasteiger partial charge >= 0.3 is 12.0 Å². The van der Waals surface area contributed by atoms with Gasteiger partial charge < -0.3 is 31.1 Å². The summed E-state index contributed by atoms with van der Waals surface area (Å²) in [5.74, 6) is -0.306. The van der Waals surface area contributed by atoms with E-state index in [1.165, 1.54) is 12.0 Å². The van der Waals surface area contributed by atoms with Gasteiger partial charge in [0.2, 0.25) is 5.91 Å². The van der Waals surface area contributed by atoms with Crippen LogP contribution in [-0.4, -0.2) is 71.8 Å². The quantitative estimate of drug-likeness (QED) is 0.426. The molecule has 1 aliphatic heterocycles. The second kappa shape index (κ2) is 12.1. The lowest BCUT2D eigenvalue weighted by atomic mass is 10.0. The maximum atomic E-state index is 12.9. The average Bonchev–Trinajstić information content (AvgIpc) is 2.79. The standard InChI is InChI=1S/C21H40N4O5/c1-12(2)9-15(22)19(27)23-16-8-7-14(5)25(11-18(16)26)21(29)24-17(10-13(3)4)20(28)30-6/h12-18,26H,7-11,22H2,1-6H3,(H,23,27)(H,24,29)/t14-,15?,16?,17?,18?/m1/s1. The van der Waals surface area contributed by atoms with E-state index in [-0.39, 0.29) is 30.3 Å². The normalized spacial score (nSPS) is 24.2. The van der Waals surface area contributed by atoms with Gasteiger partial charge in [0.15, 0.2) is 0 Å². The van der Waals surface area contributed by atoms with E-state index in [1.54, 1.807) is 0 Å². The fraction of sp³-hybridized carbons (Fsp3) is 0.857. The zero-order valence-corrected chi connectivity index (χ0v) is 19.2. The number of nitrogens with two attached hydrogens (primary N) is 1. The molecule has 0 aromatic carbocycles. The molecule has 0 aliphatic carbocycles. The van der Waals surface area contributed by atoms with Crippen molar-refractivity contribution < 1.29 is 24.2 Å². The van der Waals surface area contributed by atoms with Crippen molar-refractivity contribution in [3.05, 3.63) is 0 Å². The number of likely N-dealkylation sites (tertiary alicyclic amines) is 1. The van der Waals surface area contributed by atoms with Gasteiger partial charge in [0.25, 0.3) is 0 Å². The van der Waals surface area contributed by atoms with Gasteiger partial charge in [-0.2, -0.15) is 0 Å². The van der Waals surface area contributed by atoms with Gasteiger partial charge in [-0.25, -0.2) is 9.59 Å². The number of hydrogen-bond acceptors (Lipinski definition) is 6. The first-order valence-electron chi connectivity index (χ1n) is 10.8. The highest BCUT2D eigenvalue weighted by molar-refractivity contribution is 5.84. The van der Waals surface area contributed by atoms with E-state index in [0.29, 0.717) is 25.7 Å². The molecule has 1 rings (SSSR count). The van der Waals surface area contributed by atoms with Crippen molar-refractivity contribution in [2.24, 2.45) is 17.6 Å². The minimum atomic E-state index is -0.933. The Labute approximate surface area is 180 Å². The minimum absolute atomic E-state index is 0.0485. The number of nitrogens with zero attached hydrogens (tertiary/aromatic N) is 1. The molecule has 1 aliphatic rings. The molecule has 0 radical (unpaired) electrons. The number of carbonyl (C=O) groups excluding carboxylic acids is 3. The van der Waals surface area contributed by atoms with Crippen LogP contribution in [0, 0.1) is 11.8 Å². The highest BCUT2D eigenvalue weighted by Gasteiger charge is 2.35. The molecular weight excluding hydrogens is 388 g/mol. The van der Waals surface area contributed by atoms with Crippen molar-refractivity contribution in [1.29, 1.82) is 0 Å². The van der Waals surface area contributed by atoms with Crippen LogP contribution >= 0.6 is 0 Å². The van der Waals surface area contributed by atoms with Crippen molar-refractivity contribution in [2.45, 2.75) is 90.6 Å². The van der Waals surface area contributed by atoms with Crippen LogP contribution in [0.2, 0.25) is 0 Å². The fourth-order valence-corrected chi connectivity index (χ4v) is 3.69. The second-order valence-corrected chi connectivity index (χ2v) is 9.15. The minimum Gasteiger partial charge on any atom is -0.467 e. The monoisotopic (exact) mass is 428 g/mol. The molecule has 3 amide bonds. The van der Waals surface area contributed by atoms with Crippen molar-refractivity contribution in [3.8, 4) is 0 Å². The largest absolute Gasteiger partial charge is 0.467 e. The number of carbonyl (C=O) groups is 3. The van der Waals surface area contributed by atoms with Crippen molar-refractivity contribution >= 4 is 17.9 Å². The Morgan fingerprint density at radius 2 is 1.73 bits per heavy atom. The van der Waals surface area contributed by atoms with Gasteiger partial charge in [0.05, 0.1) is 31.8 Å². The topological polar surface area (TPSA) is 134 Å². The zero-order valence-electron chi connectivity index (χ0n) is 19.2. The predicted molar refractivity (Wildman–Crippen MR) is 115 cm³/mol. The highest BCUT2D eigenvalue weighted by Crippen LogP contribution is 2.19. The van der Waals surface area contributed by atoms with Crippen molar-refractivity contribution in [2.75, 3.05) is 13.7 Å². The molecule has 30 heavy (non-hydrogen) atoms. The van der Waals surface area contributed by atoms with E-state index in [2.05, 4.69) is 10.6 Å². The molecule has 1 heterocycles. The summed E-state index contributed by atoms with van der Waals surface area (Å²) in [6, 6.07) is -2.46. The van der Waals surface area contributed by atoms with Crippen LogP contribution < -0.4 is 16.4 Å². The summed E-state index contributed by atoms with van der Waals surface area (Å²) < 4.78 is 4.80. The molecule has 1 fully saturated rings. The summed E-state index contributed by atoms with van der Waals surface area (Å²) >= 11 is 0. The Morgan fingerprint density at radius 3 is 2.27 bits per heavy atom. The molecule has 174 valence electrons. The smallest absolute Gasteiger partial charge is 0.328 e. The molecule has 4 unspecified atom stereocenters. The Bertz CT molecular complexity index is 584. The zero-order chi connectivity index (χ0) is 23.0. The summed E-state index contributed by atoms with van der Waals surface area (Å²) in [7, 11) is 1.29. The van der Waals surface area contributed by atoms with E-state index < -0.39 is 36.2 Å². The number of nitrogens with one attached hydrogen (secondary N) is 2. The second-order valence-electron chi connectivity index (χ2n) is 9.15. The maximum absolute atomic E-state index is 12.9. The maximum Gasteiger partial charge on any atom is 0.328 e. The number of hydrogen-bond donors (Lipinski definition) is 4. The van der Waals surface area contributed by atoms with E-state index >= 15 is 0 Å². The lowest BCUT2D eigenvalue weighted by Crippen LogP contribution is -2.55. The van der Waals surface area contributed by atoms with E-state index in [0.717, 1.165) is 0 Å². The van der Waals surface area contributed by atoms with E-state index in [9.17, 15) is 19.5 Å². The van der Waals surface area contributed by atoms with Gasteiger partial charge in [-0.15, -0.1) is 0 Å². The fourth-order valence-electron chi connectivity index (χ4n) is 3.69. The van der Waals surface area contributed by atoms with Crippen LogP contribution in [0.5, 0.6) is 0 Å². The van der Waals surface area contributed by atoms with Crippen molar-refractivity contribution in [1.82, 2.24) is 15.5 Å². The first kappa shape index (κ1) is 26.2. The molecule has 9 heteroatoms. The average molecular weight is 429 g/mol. The van der Waals surface area contributed by atoms with Crippen LogP contribution in [0.4, 0.5) is 4.79 Å². The molecule has 0 bridgehead atoms. The summed E-state index contributed by atoms with van der Waals surface area (Å²) in [6.07, 6.45) is 1.21. The molecule has 0 aromatic heterocycles. The number of aliphatic hydroxyl groups is 1. The number of aliphatic hydroxyl groups excluding tert-OH is 1. The molecule has 5 atom stereocenters. The van der Waals surface area contributed by atoms with Crippen LogP contribution in [-0.2, 0) is 14.3 Å². The third-order valence-corrected chi connectivity index (χ3v) is 5.42. The summed E-state index contributed by atoms with van der Waals surface area (Å²) in [5.41, 5.74) is 5.95. The summed E-state index contributed by atoms with van der Waals surface area (Å²) in [5, 5.41) is 16.2. The molecule has 9 nitrogen and oxygen atoms in total. The number of esters is 1. The van der Waals surface area contributed by atoms with Gasteiger partial charge in [-0.3, -0.25) is 4.79 Å². The predicted octanol–water partition coefficient (Wildman–Crippen LogP) is 0.987. The third kappa shape index (κ3) is 8.10. The summed E-state index contributed by atoms with van der Waals surface area (Å²) in [6.45, 7) is 9.83. The number of β-amino-alcohol motifs (C(OH)–C–C–N with tert-alkyl or cyclic N) is 1. The van der Waals surface area contributed by atoms with Crippen LogP contribution in [0.15, 0.2) is 0 Å². The molecule has 5 N–H and O–H groups in total. The first-order chi connectivity index (χ1) is 14.0. The number of rotatable bonds is 8. The summed E-state index contributed by atoms with van der Waals surface area (Å²) in [4.78, 5) is 38.8. The van der Waals surface area contributed by atoms with Gasteiger partial charge in [-0.1, -0.05) is 27.7 Å². The number of amides is 3. The first-order valence-corrected chi connectivity index (χ1v) is 10.8. The van der Waals surface area contributed by atoms with E-state index in [4.69, 9.17) is 10.5 Å². The SMILES string of the molecule is COC(=O)C(CC(C)C)NC(=O)N1CC(O)C(NC(=O)C(N)CC(C)C)CC[C@H]1C. The Hall–Kier alpha value is -1.87. The van der Waals surface area contributed by atoms with Gasteiger partial charge in [0, 0.05) is 6.04 Å². The number of ether oxygens (including phenoxy) is 1. The third-order valence-electron chi connectivity index (χ3n) is 5.42. The van der Waals surface area contributed by atoms with E-state index in [1.807, 2.05) is 34.6 Å². The van der Waals surface area contributed by atoms with Crippen molar-refractivity contribution in [3.63, 3.8) is 0 Å². The van der Waals surface area contributed by atoms with Gasteiger partial charge in [-0.05, 0) is 44.4 Å². The highest BCUT2D eigenvalue weighted by atomic mass is 16.5. The number of urea groups is 1. The molecular formula is C21H40N4O5. The van der Waals surface area contributed by atoms with Crippen LogP contribution in [0.1, 0.15) is 60.3 Å². The number of methoxy groups -OCH3 is 1. The Balaban J connectivity index is 2.79. The molecule has 0 saturated carbocycles. The molecule has 0 spiro atoms. The lowest BCUT2D eigenvalue weighted by molar-refractivity contribution is -0.143.